The predicted molar refractivity (Wildman–Crippen MR) is 328 cm³/mol. The third-order valence-corrected chi connectivity index (χ3v) is 19.2. The van der Waals surface area contributed by atoms with Crippen LogP contribution in [-0.4, -0.2) is 456 Å². The number of nitrogens with one attached hydrogen (secondary N) is 4. The summed E-state index contributed by atoms with van der Waals surface area (Å²) >= 11 is 0. The van der Waals surface area contributed by atoms with Gasteiger partial charge in [0.25, 0.3) is 5.79 Å². The number of aliphatic hydroxyl groups is 23. The Hall–Kier alpha value is -4.17. The molecule has 8 fully saturated rings. The summed E-state index contributed by atoms with van der Waals surface area (Å²) < 4.78 is 87.6. The maximum Gasteiger partial charge on any atom is 0.364 e. The second kappa shape index (κ2) is 38.1. The van der Waals surface area contributed by atoms with E-state index in [0.29, 0.717) is 0 Å². The molecule has 8 aliphatic rings. The van der Waals surface area contributed by atoms with Crippen molar-refractivity contribution in [2.24, 2.45) is 0 Å². The fourth-order valence-electron chi connectivity index (χ4n) is 13.7. The first-order chi connectivity index (χ1) is 50.4. The molecule has 8 saturated heterocycles. The van der Waals surface area contributed by atoms with E-state index in [1.165, 1.54) is 0 Å². The zero-order chi connectivity index (χ0) is 79.3. The molecule has 0 radical (unpaired) electrons. The molecule has 48 nitrogen and oxygen atoms in total. The molecule has 8 rings (SSSR count). The van der Waals surface area contributed by atoms with Crippen LogP contribution in [0.4, 0.5) is 0 Å². The largest absolute Gasteiger partial charge is 0.477 e. The van der Waals surface area contributed by atoms with E-state index >= 15 is 0 Å². The van der Waals surface area contributed by atoms with Crippen molar-refractivity contribution in [2.45, 2.75) is 285 Å². The van der Waals surface area contributed by atoms with Crippen molar-refractivity contribution >= 4 is 29.6 Å². The Balaban J connectivity index is 1.06. The number of carbonyl (C=O) groups is 5. The summed E-state index contributed by atoms with van der Waals surface area (Å²) in [6, 6.07) is -7.20. The van der Waals surface area contributed by atoms with Gasteiger partial charge in [0, 0.05) is 34.1 Å². The average Bonchev–Trinajstić information content (AvgIpc) is 0.759. The number of hydrogen-bond donors (Lipinski definition) is 28. The zero-order valence-electron chi connectivity index (χ0n) is 57.4. The smallest absolute Gasteiger partial charge is 0.364 e. The van der Waals surface area contributed by atoms with Crippen LogP contribution in [0.3, 0.4) is 0 Å². The van der Waals surface area contributed by atoms with E-state index in [2.05, 4.69) is 21.3 Å². The van der Waals surface area contributed by atoms with Crippen molar-refractivity contribution in [1.82, 2.24) is 21.3 Å². The van der Waals surface area contributed by atoms with Crippen molar-refractivity contribution in [2.75, 3.05) is 52.9 Å². The van der Waals surface area contributed by atoms with Gasteiger partial charge in [-0.2, -0.15) is 0 Å². The summed E-state index contributed by atoms with van der Waals surface area (Å²) in [4.78, 5) is 63.2. The minimum absolute atomic E-state index is 0.766. The number of hydrogen-bond acceptors (Lipinski definition) is 43. The molecule has 107 heavy (non-hydrogen) atoms. The van der Waals surface area contributed by atoms with Crippen molar-refractivity contribution in [3.05, 3.63) is 0 Å². The normalized spacial score (nSPS) is 46.9. The van der Waals surface area contributed by atoms with Crippen LogP contribution >= 0.6 is 0 Å². The molecule has 0 aromatic heterocycles. The Labute approximate surface area is 605 Å². The molecular formula is C59H98N4O44. The Morgan fingerprint density at radius 1 is 0.383 bits per heavy atom. The first-order valence-electron chi connectivity index (χ1n) is 33.7. The third-order valence-electron chi connectivity index (χ3n) is 19.2. The standard InChI is InChI=1S/C59H98N4O44/c1-14(71)60-27-18(75)5-59(58(91)92,106-47(27)31(77)19(76)6-64)107-49-34(80)22(9-67)96-56(43(49)89)103-46-25(12-70)99-53(30(38(46)84)63-17(4)74)105-50-40(86)33(79)21(8-66)97-57(50)93-13-26-35(81)48(104-54-41(87)39(85)32(78)20(7-65)95-54)42(88)55(100-26)102-45-24(11-69)98-52(29(37(45)83)62-16(3)73)101-44-23(10-68)94-51(90)28(36(44)82)61-15(2)72/h18-57,64-70,75-90H,5-13H2,1-4H3,(H,60,71)(H,61,72)(H,62,73)(H,63,74)(H,91,92)/t18-,19+,20+,21+,22+,23+,24+,25+,26+,27+,28+,29+,30+,31+,32+,33+,34-,35+,36+,37+,38+,39-,40-,41-,42-,43+,44+,45+,46+,47+,48-,49-,50-,51+,52-,53-,54+,55+,56-,57-,59-/m0/s1. The maximum atomic E-state index is 13.2. The summed E-state index contributed by atoms with van der Waals surface area (Å²) in [5, 5.41) is 274. The second-order valence-corrected chi connectivity index (χ2v) is 26.8. The highest BCUT2D eigenvalue weighted by molar-refractivity contribution is 5.77. The molecule has 0 saturated carbocycles. The van der Waals surface area contributed by atoms with Crippen LogP contribution in [0.5, 0.6) is 0 Å². The quantitative estimate of drug-likeness (QED) is 0.0331. The fourth-order valence-corrected chi connectivity index (χ4v) is 13.7. The van der Waals surface area contributed by atoms with Gasteiger partial charge in [-0.15, -0.1) is 0 Å². The summed E-state index contributed by atoms with van der Waals surface area (Å²) in [6.45, 7) is -5.14. The lowest BCUT2D eigenvalue weighted by atomic mass is 9.88. The lowest BCUT2D eigenvalue weighted by molar-refractivity contribution is -0.392. The average molecular weight is 1570 g/mol. The van der Waals surface area contributed by atoms with Gasteiger partial charge in [0.2, 0.25) is 23.6 Å². The molecule has 41 atom stereocenters. The van der Waals surface area contributed by atoms with Crippen molar-refractivity contribution in [3.8, 4) is 0 Å². The van der Waals surface area contributed by atoms with Gasteiger partial charge in [-0.05, 0) is 0 Å². The Kier molecular flexibility index (Phi) is 31.5. The minimum Gasteiger partial charge on any atom is -0.477 e. The van der Waals surface area contributed by atoms with Gasteiger partial charge in [-0.3, -0.25) is 19.2 Å². The van der Waals surface area contributed by atoms with E-state index < -0.39 is 340 Å². The van der Waals surface area contributed by atoms with E-state index in [1.807, 2.05) is 0 Å². The van der Waals surface area contributed by atoms with E-state index in [4.69, 9.17) is 71.1 Å². The molecule has 0 bridgehead atoms. The highest BCUT2D eigenvalue weighted by Gasteiger charge is 2.63. The number of ether oxygens (including phenoxy) is 15. The van der Waals surface area contributed by atoms with Gasteiger partial charge in [0.05, 0.1) is 65.0 Å². The third kappa shape index (κ3) is 19.6. The number of carbonyl (C=O) groups excluding carboxylic acids is 4. The van der Waals surface area contributed by atoms with Crippen LogP contribution in [0.25, 0.3) is 0 Å². The molecule has 4 amide bonds. The summed E-state index contributed by atoms with van der Waals surface area (Å²) in [7, 11) is 0. The lowest BCUT2D eigenvalue weighted by Gasteiger charge is -2.51. The number of rotatable bonds is 29. The van der Waals surface area contributed by atoms with Crippen LogP contribution in [0, 0.1) is 0 Å². The van der Waals surface area contributed by atoms with Gasteiger partial charge < -0.3 is 215 Å². The van der Waals surface area contributed by atoms with Crippen LogP contribution in [0.15, 0.2) is 0 Å². The first kappa shape index (κ1) is 88.4. The highest BCUT2D eigenvalue weighted by Crippen LogP contribution is 2.41. The molecule has 0 spiro atoms. The molecule has 28 N–H and O–H groups in total. The summed E-state index contributed by atoms with van der Waals surface area (Å²) in [6.07, 6.45) is -77.4. The molecule has 8 aliphatic heterocycles. The number of aliphatic hydroxyl groups excluding tert-OH is 23. The number of carboxylic acid groups (broad SMARTS) is 1. The molecule has 618 valence electrons. The van der Waals surface area contributed by atoms with E-state index in [1.54, 1.807) is 0 Å². The fraction of sp³-hybridized carbons (Fsp3) is 0.915. The topological polar surface area (TPSA) is 757 Å². The molecule has 48 heteroatoms. The second-order valence-electron chi connectivity index (χ2n) is 26.8. The Morgan fingerprint density at radius 2 is 0.748 bits per heavy atom. The minimum atomic E-state index is -3.27. The van der Waals surface area contributed by atoms with Crippen molar-refractivity contribution in [1.29, 1.82) is 0 Å². The predicted octanol–water partition coefficient (Wildman–Crippen LogP) is -18.7. The lowest BCUT2D eigenvalue weighted by Crippen LogP contribution is -2.71. The zero-order valence-corrected chi connectivity index (χ0v) is 57.4. The first-order valence-corrected chi connectivity index (χ1v) is 33.7. The number of amides is 4. The summed E-state index contributed by atoms with van der Waals surface area (Å²) in [5.41, 5.74) is 0. The van der Waals surface area contributed by atoms with Crippen LogP contribution < -0.4 is 21.3 Å². The van der Waals surface area contributed by atoms with Gasteiger partial charge in [0.1, 0.15) is 189 Å². The highest BCUT2D eigenvalue weighted by atomic mass is 16.8. The van der Waals surface area contributed by atoms with Gasteiger partial charge >= 0.3 is 5.97 Å². The van der Waals surface area contributed by atoms with Crippen molar-refractivity contribution < 1.29 is 218 Å². The maximum absolute atomic E-state index is 13.2. The van der Waals surface area contributed by atoms with Gasteiger partial charge in [-0.1, -0.05) is 0 Å². The van der Waals surface area contributed by atoms with E-state index in [0.717, 1.165) is 27.7 Å². The molecule has 0 aromatic rings. The molecule has 8 heterocycles. The van der Waals surface area contributed by atoms with Gasteiger partial charge in [-0.25, -0.2) is 4.79 Å². The molecule has 0 aliphatic carbocycles. The number of aliphatic carboxylic acids is 1. The van der Waals surface area contributed by atoms with E-state index in [9.17, 15) is 147 Å². The molecule has 0 aromatic carbocycles. The van der Waals surface area contributed by atoms with Crippen LogP contribution in [0.1, 0.15) is 34.1 Å². The SMILES string of the molecule is CC(=O)N[C@@H]1[C@@H](O)[C@H](O[C@@H]2O[C@H](CO)[C@@H](O[C@H]3O[C@H](CO[C@H]4O[C@H](CO)[C@@H](O)[C@H](O)[C@@H]4O[C@@H]4O[C@H](CO)[C@@H](O[C@@H]5O[C@H](CO)[C@H](O)[C@H](O[C@]6(C(=O)O)C[C@H](O)[C@@H](NC(C)=O)[C@H]([C@H](O)[C@H](O)CO)O6)[C@H]5O)[C@H](O)[C@H]4NC(C)=O)[C@@H](O)[C@H](O[C@H]4O[C@H](CO)[C@@H](O)[C@H](O)[C@@H]4O)[C@@H]3O)[C@H](O)[C@H]2NC(C)=O)[C@@H](CO)O[C@H]1O. The summed E-state index contributed by atoms with van der Waals surface area (Å²) in [5.74, 6) is -8.93. The Bertz CT molecular complexity index is 2870. The van der Waals surface area contributed by atoms with Crippen LogP contribution in [-0.2, 0) is 95.0 Å². The van der Waals surface area contributed by atoms with Gasteiger partial charge in [0.15, 0.2) is 44.0 Å². The number of carboxylic acids is 1. The Morgan fingerprint density at radius 3 is 1.21 bits per heavy atom. The molecule has 0 unspecified atom stereocenters. The van der Waals surface area contributed by atoms with E-state index in [-0.39, 0.29) is 0 Å². The van der Waals surface area contributed by atoms with Crippen LogP contribution in [0.2, 0.25) is 0 Å². The monoisotopic (exact) mass is 1570 g/mol. The molecular weight excluding hydrogens is 1470 g/mol. The van der Waals surface area contributed by atoms with Crippen molar-refractivity contribution in [3.63, 3.8) is 0 Å².